The zero-order valence-electron chi connectivity index (χ0n) is 20.7. The Morgan fingerprint density at radius 1 is 1.11 bits per heavy atom. The van der Waals surface area contributed by atoms with E-state index in [0.717, 1.165) is 25.3 Å². The number of hydrogen-bond acceptors (Lipinski definition) is 7. The first kappa shape index (κ1) is 26.4. The molecule has 0 aliphatic carbocycles. The van der Waals surface area contributed by atoms with Crippen molar-refractivity contribution in [2.45, 2.75) is 51.4 Å². The molecule has 3 aromatic rings. The summed E-state index contributed by atoms with van der Waals surface area (Å²) in [5, 5.41) is 2.95. The fourth-order valence-electron chi connectivity index (χ4n) is 4.33. The molecule has 2 atom stereocenters. The molecule has 0 spiro atoms. The molecule has 2 aromatic heterocycles. The van der Waals surface area contributed by atoms with E-state index in [2.05, 4.69) is 15.3 Å². The van der Waals surface area contributed by atoms with Gasteiger partial charge in [-0.1, -0.05) is 0 Å². The third kappa shape index (κ3) is 5.38. The highest BCUT2D eigenvalue weighted by atomic mass is 19.4. The van der Waals surface area contributed by atoms with E-state index in [9.17, 15) is 22.8 Å². The van der Waals surface area contributed by atoms with Gasteiger partial charge in [0.25, 0.3) is 5.91 Å². The largest absolute Gasteiger partial charge is 0.494 e. The van der Waals surface area contributed by atoms with Crippen LogP contribution in [0.1, 0.15) is 61.1 Å². The van der Waals surface area contributed by atoms with Crippen LogP contribution in [0.4, 0.5) is 13.2 Å². The molecule has 4 rings (SSSR count). The second-order valence-corrected chi connectivity index (χ2v) is 9.01. The minimum Gasteiger partial charge on any atom is -0.494 e. The molecule has 1 fully saturated rings. The van der Waals surface area contributed by atoms with E-state index in [4.69, 9.17) is 14.9 Å². The van der Waals surface area contributed by atoms with E-state index in [1.807, 2.05) is 0 Å². The van der Waals surface area contributed by atoms with Gasteiger partial charge in [0, 0.05) is 24.0 Å². The molecule has 0 unspecified atom stereocenters. The highest BCUT2D eigenvalue weighted by molar-refractivity contribution is 5.99. The number of piperidine rings is 1. The molecule has 1 aliphatic rings. The molecule has 9 nitrogen and oxygen atoms in total. The van der Waals surface area contributed by atoms with Gasteiger partial charge in [-0.15, -0.1) is 0 Å². The van der Waals surface area contributed by atoms with Crippen LogP contribution in [0.3, 0.4) is 0 Å². The summed E-state index contributed by atoms with van der Waals surface area (Å²) in [4.78, 5) is 35.7. The Morgan fingerprint density at radius 2 is 1.81 bits per heavy atom. The van der Waals surface area contributed by atoms with Crippen LogP contribution in [0.5, 0.6) is 5.75 Å². The fourth-order valence-corrected chi connectivity index (χ4v) is 4.33. The number of nitrogens with two attached hydrogens (primary N) is 1. The van der Waals surface area contributed by atoms with E-state index in [1.54, 1.807) is 24.8 Å². The number of oxazole rings is 1. The first-order valence-corrected chi connectivity index (χ1v) is 11.9. The van der Waals surface area contributed by atoms with Gasteiger partial charge in [0.1, 0.15) is 23.0 Å². The normalized spacial score (nSPS) is 15.9. The Hall–Kier alpha value is -3.67. The number of fused-ring (bicyclic) bond motifs is 1. The molecule has 3 N–H and O–H groups in total. The van der Waals surface area contributed by atoms with Gasteiger partial charge in [-0.3, -0.25) is 9.59 Å². The van der Waals surface area contributed by atoms with Gasteiger partial charge in [-0.25, -0.2) is 9.97 Å². The Morgan fingerprint density at radius 3 is 2.43 bits per heavy atom. The van der Waals surface area contributed by atoms with Crippen molar-refractivity contribution in [2.24, 2.45) is 5.73 Å². The van der Waals surface area contributed by atoms with Crippen LogP contribution in [-0.2, 0) is 11.0 Å². The molecule has 1 aromatic carbocycles. The summed E-state index contributed by atoms with van der Waals surface area (Å²) >= 11 is 0. The lowest BCUT2D eigenvalue weighted by Gasteiger charge is -2.29. The lowest BCUT2D eigenvalue weighted by Crippen LogP contribution is -2.48. The average molecular weight is 520 g/mol. The number of methoxy groups -OCH3 is 1. The number of rotatable bonds is 6. The maximum absolute atomic E-state index is 13.3. The van der Waals surface area contributed by atoms with Gasteiger partial charge in [0.15, 0.2) is 11.5 Å². The zero-order chi connectivity index (χ0) is 26.9. The van der Waals surface area contributed by atoms with Crippen LogP contribution in [0.25, 0.3) is 22.4 Å². The van der Waals surface area contributed by atoms with Crippen molar-refractivity contribution in [3.8, 4) is 17.2 Å². The number of ether oxygens (including phenoxy) is 1. The molecule has 12 heteroatoms. The maximum Gasteiger partial charge on any atom is 0.433 e. The number of nitrogens with zero attached hydrogens (tertiary/aromatic N) is 3. The molecular formula is C25H28F3N5O4. The predicted octanol–water partition coefficient (Wildman–Crippen LogP) is 4.07. The SMILES string of the molecule is COc1ccc(-c2nc(C(=O)N[C@@H](C)C(=O)N3CCCCC3)c([C@H](C)N)o2)c2ccc(C(F)(F)F)nc12. The Balaban J connectivity index is 1.69. The standard InChI is InChI=1S/C25H28F3N5O4/c1-13(29)21-20(22(34)30-14(2)24(35)33-11-5-4-6-12-33)32-23(37-21)16-7-9-17(36-3)19-15(16)8-10-18(31-19)25(26,27)28/h7-10,13-14H,4-6,11-12,29H2,1-3H3,(H,30,34)/t13-,14-/m0/s1. The number of amides is 2. The number of carbonyl (C=O) groups excluding carboxylic acids is 2. The molecule has 1 saturated heterocycles. The first-order valence-electron chi connectivity index (χ1n) is 11.9. The van der Waals surface area contributed by atoms with E-state index >= 15 is 0 Å². The molecule has 1 aliphatic heterocycles. The Bertz CT molecular complexity index is 1320. The van der Waals surface area contributed by atoms with Crippen molar-refractivity contribution in [3.05, 3.63) is 41.4 Å². The Labute approximate surface area is 211 Å². The molecule has 198 valence electrons. The van der Waals surface area contributed by atoms with Gasteiger partial charge in [-0.05, 0) is 57.4 Å². The summed E-state index contributed by atoms with van der Waals surface area (Å²) in [7, 11) is 1.32. The molecule has 3 heterocycles. The number of aromatic nitrogens is 2. The van der Waals surface area contributed by atoms with Gasteiger partial charge >= 0.3 is 6.18 Å². The summed E-state index contributed by atoms with van der Waals surface area (Å²) in [5.74, 6) is -0.648. The molecule has 37 heavy (non-hydrogen) atoms. The highest BCUT2D eigenvalue weighted by Crippen LogP contribution is 2.37. The summed E-state index contributed by atoms with van der Waals surface area (Å²) in [6, 6.07) is 3.57. The first-order chi connectivity index (χ1) is 17.5. The number of halogens is 3. The van der Waals surface area contributed by atoms with E-state index < -0.39 is 29.9 Å². The van der Waals surface area contributed by atoms with Gasteiger partial charge in [0.2, 0.25) is 11.8 Å². The van der Waals surface area contributed by atoms with Gasteiger partial charge < -0.3 is 25.1 Å². The minimum atomic E-state index is -4.64. The van der Waals surface area contributed by atoms with E-state index in [0.29, 0.717) is 18.7 Å². The molecule has 2 amide bonds. The second-order valence-electron chi connectivity index (χ2n) is 9.01. The Kier molecular flexibility index (Phi) is 7.39. The second kappa shape index (κ2) is 10.4. The number of hydrogen-bond donors (Lipinski definition) is 2. The van der Waals surface area contributed by atoms with E-state index in [-0.39, 0.29) is 39.9 Å². The lowest BCUT2D eigenvalue weighted by molar-refractivity contribution is -0.141. The van der Waals surface area contributed by atoms with Crippen LogP contribution in [0.15, 0.2) is 28.7 Å². The monoisotopic (exact) mass is 519 g/mol. The van der Waals surface area contributed by atoms with Crippen molar-refractivity contribution in [1.82, 2.24) is 20.2 Å². The van der Waals surface area contributed by atoms with Crippen LogP contribution in [0, 0.1) is 0 Å². The van der Waals surface area contributed by atoms with Crippen molar-refractivity contribution in [2.75, 3.05) is 20.2 Å². The smallest absolute Gasteiger partial charge is 0.433 e. The molecule has 0 bridgehead atoms. The van der Waals surface area contributed by atoms with Gasteiger partial charge in [-0.2, -0.15) is 13.2 Å². The summed E-state index contributed by atoms with van der Waals surface area (Å²) in [6.07, 6.45) is -1.74. The summed E-state index contributed by atoms with van der Waals surface area (Å²) in [5.41, 5.74) is 5.11. The number of alkyl halides is 3. The maximum atomic E-state index is 13.3. The summed E-state index contributed by atoms with van der Waals surface area (Å²) < 4.78 is 50.9. The van der Waals surface area contributed by atoms with Crippen LogP contribution in [-0.4, -0.2) is 52.9 Å². The van der Waals surface area contributed by atoms with Crippen molar-refractivity contribution < 1.29 is 31.9 Å². The molecule has 0 saturated carbocycles. The van der Waals surface area contributed by atoms with Crippen LogP contribution < -0.4 is 15.8 Å². The third-order valence-corrected chi connectivity index (χ3v) is 6.23. The average Bonchev–Trinajstić information content (AvgIpc) is 3.33. The van der Waals surface area contributed by atoms with Crippen LogP contribution in [0.2, 0.25) is 0 Å². The highest BCUT2D eigenvalue weighted by Gasteiger charge is 2.33. The van der Waals surface area contributed by atoms with Crippen LogP contribution >= 0.6 is 0 Å². The lowest BCUT2D eigenvalue weighted by atomic mass is 10.1. The molecule has 0 radical (unpaired) electrons. The zero-order valence-corrected chi connectivity index (χ0v) is 20.7. The third-order valence-electron chi connectivity index (χ3n) is 6.23. The number of likely N-dealkylation sites (tertiary alicyclic amines) is 1. The topological polar surface area (TPSA) is 124 Å². The number of nitrogens with one attached hydrogen (secondary N) is 1. The quantitative estimate of drug-likeness (QED) is 0.503. The molecular weight excluding hydrogens is 491 g/mol. The number of benzene rings is 1. The van der Waals surface area contributed by atoms with Crippen molar-refractivity contribution >= 4 is 22.7 Å². The van der Waals surface area contributed by atoms with Gasteiger partial charge in [0.05, 0.1) is 13.2 Å². The minimum absolute atomic E-state index is 0.0262. The fraction of sp³-hybridized carbons (Fsp3) is 0.440. The van der Waals surface area contributed by atoms with Crippen molar-refractivity contribution in [1.29, 1.82) is 0 Å². The number of carbonyl (C=O) groups is 2. The summed E-state index contributed by atoms with van der Waals surface area (Å²) in [6.45, 7) is 4.49. The predicted molar refractivity (Wildman–Crippen MR) is 129 cm³/mol. The van der Waals surface area contributed by atoms with Crippen molar-refractivity contribution in [3.63, 3.8) is 0 Å². The van der Waals surface area contributed by atoms with E-state index in [1.165, 1.54) is 19.2 Å². The number of pyridine rings is 1.